The van der Waals surface area contributed by atoms with Crippen LogP contribution in [0.1, 0.15) is 24.3 Å². The van der Waals surface area contributed by atoms with Crippen LogP contribution in [-0.2, 0) is 9.59 Å². The van der Waals surface area contributed by atoms with Crippen LogP contribution in [0.25, 0.3) is 0 Å². The Hall–Kier alpha value is -3.61. The fourth-order valence-corrected chi connectivity index (χ4v) is 2.59. The molecule has 0 radical (unpaired) electrons. The topological polar surface area (TPSA) is 96.3 Å². The van der Waals surface area contributed by atoms with E-state index in [1.54, 1.807) is 37.3 Å². The molecule has 3 rings (SSSR count). The van der Waals surface area contributed by atoms with Crippen molar-refractivity contribution in [2.75, 3.05) is 16.0 Å². The third kappa shape index (κ3) is 4.94. The molecule has 7 heteroatoms. The van der Waals surface area contributed by atoms with Gasteiger partial charge in [-0.15, -0.1) is 0 Å². The van der Waals surface area contributed by atoms with E-state index in [9.17, 15) is 9.59 Å². The summed E-state index contributed by atoms with van der Waals surface area (Å²) in [5.41, 5.74) is 2.23. The average Bonchev–Trinajstić information content (AvgIpc) is 3.06. The van der Waals surface area contributed by atoms with Gasteiger partial charge >= 0.3 is 0 Å². The number of rotatable bonds is 6. The number of hydrogen-bond acceptors (Lipinski definition) is 5. The van der Waals surface area contributed by atoms with Crippen LogP contribution < -0.4 is 16.0 Å². The molecule has 0 aliphatic rings. The Labute approximate surface area is 156 Å². The number of amides is 2. The maximum Gasteiger partial charge on any atom is 0.252 e. The molecule has 0 saturated heterocycles. The second-order valence-corrected chi connectivity index (χ2v) is 6.06. The van der Waals surface area contributed by atoms with Gasteiger partial charge in [-0.3, -0.25) is 9.59 Å². The zero-order chi connectivity index (χ0) is 19.2. The third-order valence-corrected chi connectivity index (χ3v) is 3.79. The van der Waals surface area contributed by atoms with Crippen LogP contribution >= 0.6 is 0 Å². The largest absolute Gasteiger partial charge is 0.370 e. The summed E-state index contributed by atoms with van der Waals surface area (Å²) in [6.45, 7) is 3.21. The van der Waals surface area contributed by atoms with E-state index in [2.05, 4.69) is 21.1 Å². The first-order valence-electron chi connectivity index (χ1n) is 8.44. The fourth-order valence-electron chi connectivity index (χ4n) is 2.59. The van der Waals surface area contributed by atoms with Crippen molar-refractivity contribution in [3.63, 3.8) is 0 Å². The van der Waals surface area contributed by atoms with Crippen molar-refractivity contribution in [1.82, 2.24) is 5.16 Å². The third-order valence-electron chi connectivity index (χ3n) is 3.79. The van der Waals surface area contributed by atoms with Crippen LogP contribution in [0.15, 0.2) is 65.2 Å². The fraction of sp³-hybridized carbons (Fsp3) is 0.150. The van der Waals surface area contributed by atoms with Gasteiger partial charge in [0, 0.05) is 24.4 Å². The van der Waals surface area contributed by atoms with E-state index < -0.39 is 6.04 Å². The summed E-state index contributed by atoms with van der Waals surface area (Å²) in [7, 11) is 0. The van der Waals surface area contributed by atoms with Crippen molar-refractivity contribution < 1.29 is 14.1 Å². The van der Waals surface area contributed by atoms with E-state index >= 15 is 0 Å². The highest BCUT2D eigenvalue weighted by Crippen LogP contribution is 2.23. The van der Waals surface area contributed by atoms with Gasteiger partial charge in [0.1, 0.15) is 11.8 Å². The summed E-state index contributed by atoms with van der Waals surface area (Å²) in [4.78, 5) is 24.0. The summed E-state index contributed by atoms with van der Waals surface area (Å²) in [5, 5.41) is 12.5. The first kappa shape index (κ1) is 18.2. The van der Waals surface area contributed by atoms with Crippen molar-refractivity contribution in [1.29, 1.82) is 0 Å². The molecule has 1 atom stereocenters. The number of nitrogens with one attached hydrogen (secondary N) is 3. The van der Waals surface area contributed by atoms with Crippen LogP contribution in [0.5, 0.6) is 0 Å². The number of hydrogen-bond donors (Lipinski definition) is 3. The number of benzene rings is 2. The van der Waals surface area contributed by atoms with Gasteiger partial charge in [-0.05, 0) is 36.8 Å². The van der Waals surface area contributed by atoms with Crippen LogP contribution in [0.4, 0.5) is 17.2 Å². The molecule has 7 nitrogen and oxygen atoms in total. The summed E-state index contributed by atoms with van der Waals surface area (Å²) in [6, 6.07) is 17.5. The van der Waals surface area contributed by atoms with Crippen LogP contribution in [0.3, 0.4) is 0 Å². The van der Waals surface area contributed by atoms with Gasteiger partial charge < -0.3 is 20.5 Å². The Morgan fingerprint density at radius 3 is 2.22 bits per heavy atom. The molecule has 3 aromatic rings. The second kappa shape index (κ2) is 8.18. The van der Waals surface area contributed by atoms with Crippen LogP contribution in [0, 0.1) is 6.92 Å². The minimum Gasteiger partial charge on any atom is -0.370 e. The van der Waals surface area contributed by atoms with Crippen LogP contribution in [0.2, 0.25) is 0 Å². The predicted octanol–water partition coefficient (Wildman–Crippen LogP) is 3.73. The van der Waals surface area contributed by atoms with Crippen molar-refractivity contribution >= 4 is 29.0 Å². The molecule has 0 aliphatic heterocycles. The molecule has 0 aliphatic carbocycles. The van der Waals surface area contributed by atoms with Crippen LogP contribution in [-0.4, -0.2) is 17.0 Å². The number of carbonyl (C=O) groups excluding carboxylic acids is 2. The minimum absolute atomic E-state index is 0.139. The number of carbonyl (C=O) groups is 2. The van der Waals surface area contributed by atoms with Gasteiger partial charge in [-0.1, -0.05) is 35.5 Å². The zero-order valence-electron chi connectivity index (χ0n) is 15.0. The molecule has 1 heterocycles. The normalized spacial score (nSPS) is 11.5. The van der Waals surface area contributed by atoms with Gasteiger partial charge in [-0.2, -0.15) is 0 Å². The van der Waals surface area contributed by atoms with Crippen molar-refractivity contribution in [3.05, 3.63) is 72.0 Å². The van der Waals surface area contributed by atoms with Crippen molar-refractivity contribution in [3.8, 4) is 0 Å². The number of aromatic nitrogens is 1. The summed E-state index contributed by atoms with van der Waals surface area (Å²) < 4.78 is 4.99. The van der Waals surface area contributed by atoms with Gasteiger partial charge in [-0.25, -0.2) is 0 Å². The van der Waals surface area contributed by atoms with E-state index in [0.717, 1.165) is 11.3 Å². The standard InChI is InChI=1S/C20H20N4O3/c1-13-12-18(24-27-13)23-20(26)19(15-6-4-3-5-7-15)22-17-10-8-16(9-11-17)21-14(2)25/h3-12,19,22H,1-2H3,(H,21,25)(H,23,24,26)/t19-/m0/s1. The maximum absolute atomic E-state index is 12.8. The molecular formula is C20H20N4O3. The Bertz CT molecular complexity index is 920. The Kier molecular flexibility index (Phi) is 5.51. The summed E-state index contributed by atoms with van der Waals surface area (Å²) in [6.07, 6.45) is 0. The van der Waals surface area contributed by atoms with E-state index in [0.29, 0.717) is 17.3 Å². The average molecular weight is 364 g/mol. The molecule has 0 bridgehead atoms. The van der Waals surface area contributed by atoms with Gasteiger partial charge in [0.05, 0.1) is 0 Å². The van der Waals surface area contributed by atoms with Gasteiger partial charge in [0.2, 0.25) is 5.91 Å². The monoisotopic (exact) mass is 364 g/mol. The van der Waals surface area contributed by atoms with Gasteiger partial charge in [0.25, 0.3) is 5.91 Å². The molecule has 27 heavy (non-hydrogen) atoms. The molecular weight excluding hydrogens is 344 g/mol. The van der Waals surface area contributed by atoms with Crippen molar-refractivity contribution in [2.24, 2.45) is 0 Å². The van der Waals surface area contributed by atoms with E-state index in [4.69, 9.17) is 4.52 Å². The van der Waals surface area contributed by atoms with Gasteiger partial charge in [0.15, 0.2) is 5.82 Å². The predicted molar refractivity (Wildman–Crippen MR) is 103 cm³/mol. The lowest BCUT2D eigenvalue weighted by Crippen LogP contribution is -2.27. The molecule has 2 aromatic carbocycles. The molecule has 0 unspecified atom stereocenters. The SMILES string of the molecule is CC(=O)Nc1ccc(N[C@H](C(=O)Nc2cc(C)on2)c2ccccc2)cc1. The Balaban J connectivity index is 1.80. The number of nitrogens with zero attached hydrogens (tertiary/aromatic N) is 1. The lowest BCUT2D eigenvalue weighted by Gasteiger charge is -2.19. The quantitative estimate of drug-likeness (QED) is 0.619. The van der Waals surface area contributed by atoms with E-state index in [1.807, 2.05) is 30.3 Å². The highest BCUT2D eigenvalue weighted by Gasteiger charge is 2.21. The molecule has 0 fully saturated rings. The molecule has 3 N–H and O–H groups in total. The minimum atomic E-state index is -0.630. The lowest BCUT2D eigenvalue weighted by molar-refractivity contribution is -0.117. The molecule has 1 aromatic heterocycles. The van der Waals surface area contributed by atoms with E-state index in [-0.39, 0.29) is 11.8 Å². The molecule has 0 spiro atoms. The Morgan fingerprint density at radius 2 is 1.63 bits per heavy atom. The molecule has 2 amide bonds. The lowest BCUT2D eigenvalue weighted by atomic mass is 10.1. The second-order valence-electron chi connectivity index (χ2n) is 6.06. The first-order chi connectivity index (χ1) is 13.0. The zero-order valence-corrected chi connectivity index (χ0v) is 15.0. The van der Waals surface area contributed by atoms with E-state index in [1.165, 1.54) is 6.92 Å². The highest BCUT2D eigenvalue weighted by molar-refractivity contribution is 5.96. The molecule has 0 saturated carbocycles. The summed E-state index contributed by atoms with van der Waals surface area (Å²) >= 11 is 0. The molecule has 138 valence electrons. The van der Waals surface area contributed by atoms with Crippen molar-refractivity contribution in [2.45, 2.75) is 19.9 Å². The number of aryl methyl sites for hydroxylation is 1. The highest BCUT2D eigenvalue weighted by atomic mass is 16.5. The smallest absolute Gasteiger partial charge is 0.252 e. The number of anilines is 3. The Morgan fingerprint density at radius 1 is 0.963 bits per heavy atom. The maximum atomic E-state index is 12.8. The summed E-state index contributed by atoms with van der Waals surface area (Å²) in [5.74, 6) is 0.574. The first-order valence-corrected chi connectivity index (χ1v) is 8.44.